The van der Waals surface area contributed by atoms with Gasteiger partial charge in [0.25, 0.3) is 0 Å². The van der Waals surface area contributed by atoms with Gasteiger partial charge in [-0.05, 0) is 18.6 Å². The minimum absolute atomic E-state index is 0.0238. The fraction of sp³-hybridized carbons (Fsp3) is 0.222. The summed E-state index contributed by atoms with van der Waals surface area (Å²) >= 11 is 3.18. The Bertz CT molecular complexity index is 298. The summed E-state index contributed by atoms with van der Waals surface area (Å²) in [7, 11) is 0. The second kappa shape index (κ2) is 3.72. The highest BCUT2D eigenvalue weighted by atomic mass is 79.9. The number of carbonyl (C=O) groups excluding carboxylic acids is 1. The van der Waals surface area contributed by atoms with E-state index in [1.165, 1.54) is 10.8 Å². The van der Waals surface area contributed by atoms with Crippen LogP contribution < -0.4 is 3.93 Å². The minimum atomic E-state index is -0.0238. The molecule has 0 N–H and O–H groups in total. The molecule has 0 saturated carbocycles. The first-order valence-electron chi connectivity index (χ1n) is 3.65. The molecule has 0 bridgehead atoms. The highest BCUT2D eigenvalue weighted by Gasteiger charge is 2.08. The Morgan fingerprint density at radius 3 is 2.50 bits per heavy atom. The van der Waals surface area contributed by atoms with Gasteiger partial charge in [-0.1, -0.05) is 18.2 Å². The van der Waals surface area contributed by atoms with Crippen molar-refractivity contribution in [3.05, 3.63) is 29.8 Å². The van der Waals surface area contributed by atoms with Crippen LogP contribution >= 0.6 is 16.1 Å². The maximum Gasteiger partial charge on any atom is 0.233 e. The summed E-state index contributed by atoms with van der Waals surface area (Å²) in [4.78, 5) is 11.0. The molecule has 12 heavy (non-hydrogen) atoms. The number of amides is 1. The van der Waals surface area contributed by atoms with E-state index in [1.54, 1.807) is 0 Å². The number of nitrogens with zero attached hydrogens (tertiary/aromatic N) is 1. The van der Waals surface area contributed by atoms with Gasteiger partial charge < -0.3 is 0 Å². The van der Waals surface area contributed by atoms with Gasteiger partial charge in [-0.25, -0.2) is 3.93 Å². The summed E-state index contributed by atoms with van der Waals surface area (Å²) in [5, 5.41) is 0. The van der Waals surface area contributed by atoms with Gasteiger partial charge in [0.2, 0.25) is 5.91 Å². The zero-order chi connectivity index (χ0) is 9.14. The first-order chi connectivity index (χ1) is 5.63. The zero-order valence-corrected chi connectivity index (χ0v) is 8.63. The maximum absolute atomic E-state index is 11.0. The highest BCUT2D eigenvalue weighted by Crippen LogP contribution is 2.21. The average molecular weight is 228 g/mol. The quantitative estimate of drug-likeness (QED) is 0.676. The van der Waals surface area contributed by atoms with Crippen LogP contribution in [0.1, 0.15) is 12.5 Å². The lowest BCUT2D eigenvalue weighted by Gasteiger charge is -2.13. The average Bonchev–Trinajstić information content (AvgIpc) is 2.04. The number of carbonyl (C=O) groups is 1. The topological polar surface area (TPSA) is 20.3 Å². The van der Waals surface area contributed by atoms with Gasteiger partial charge in [0.1, 0.15) is 0 Å². The lowest BCUT2D eigenvalue weighted by atomic mass is 10.2. The molecule has 3 heteroatoms. The number of benzene rings is 1. The molecule has 0 heterocycles. The van der Waals surface area contributed by atoms with Crippen molar-refractivity contribution in [1.82, 2.24) is 0 Å². The minimum Gasteiger partial charge on any atom is -0.274 e. The molecule has 0 aliphatic rings. The number of para-hydroxylation sites is 1. The van der Waals surface area contributed by atoms with Crippen molar-refractivity contribution in [2.45, 2.75) is 13.8 Å². The SMILES string of the molecule is CC(=O)N(Br)c1ccccc1C. The van der Waals surface area contributed by atoms with Crippen molar-refractivity contribution in [2.24, 2.45) is 0 Å². The molecular weight excluding hydrogens is 218 g/mol. The summed E-state index contributed by atoms with van der Waals surface area (Å²) in [6.07, 6.45) is 0. The molecule has 0 unspecified atom stereocenters. The van der Waals surface area contributed by atoms with Crippen molar-refractivity contribution in [2.75, 3.05) is 3.93 Å². The molecular formula is C9H10BrNO. The molecule has 0 aliphatic carbocycles. The van der Waals surface area contributed by atoms with Gasteiger partial charge in [0.15, 0.2) is 0 Å². The first-order valence-corrected chi connectivity index (χ1v) is 4.36. The second-order valence-corrected chi connectivity index (χ2v) is 3.30. The molecule has 0 radical (unpaired) electrons. The molecule has 0 atom stereocenters. The van der Waals surface area contributed by atoms with E-state index >= 15 is 0 Å². The smallest absolute Gasteiger partial charge is 0.233 e. The van der Waals surface area contributed by atoms with Crippen LogP contribution in [0.3, 0.4) is 0 Å². The van der Waals surface area contributed by atoms with Crippen molar-refractivity contribution in [1.29, 1.82) is 0 Å². The Balaban J connectivity index is 3.02. The molecule has 0 aromatic heterocycles. The predicted molar refractivity (Wildman–Crippen MR) is 53.3 cm³/mol. The van der Waals surface area contributed by atoms with Crippen LogP contribution in [-0.2, 0) is 4.79 Å². The summed E-state index contributed by atoms with van der Waals surface area (Å²) in [5.74, 6) is -0.0238. The highest BCUT2D eigenvalue weighted by molar-refractivity contribution is 9.10. The van der Waals surface area contributed by atoms with Crippen LogP contribution in [0.2, 0.25) is 0 Å². The van der Waals surface area contributed by atoms with Crippen LogP contribution in [-0.4, -0.2) is 5.91 Å². The van der Waals surface area contributed by atoms with E-state index in [1.807, 2.05) is 31.2 Å². The third-order valence-electron chi connectivity index (χ3n) is 1.60. The van der Waals surface area contributed by atoms with Crippen molar-refractivity contribution in [3.8, 4) is 0 Å². The second-order valence-electron chi connectivity index (χ2n) is 2.59. The summed E-state index contributed by atoms with van der Waals surface area (Å²) in [5.41, 5.74) is 1.97. The first kappa shape index (κ1) is 9.26. The fourth-order valence-corrected chi connectivity index (χ4v) is 1.35. The Hall–Kier alpha value is -0.830. The monoisotopic (exact) mass is 227 g/mol. The predicted octanol–water partition coefficient (Wildman–Crippen LogP) is 2.66. The van der Waals surface area contributed by atoms with Crippen molar-refractivity contribution >= 4 is 27.7 Å². The van der Waals surface area contributed by atoms with E-state index in [4.69, 9.17) is 0 Å². The number of anilines is 1. The lowest BCUT2D eigenvalue weighted by molar-refractivity contribution is -0.115. The standard InChI is InChI=1S/C9H10BrNO/c1-7-5-3-4-6-9(7)11(10)8(2)12/h3-6H,1-2H3. The number of aryl methyl sites for hydroxylation is 1. The zero-order valence-electron chi connectivity index (χ0n) is 7.04. The van der Waals surface area contributed by atoms with Gasteiger partial charge in [-0.3, -0.25) is 4.79 Å². The van der Waals surface area contributed by atoms with Crippen molar-refractivity contribution in [3.63, 3.8) is 0 Å². The Labute approximate surface area is 80.5 Å². The van der Waals surface area contributed by atoms with Crippen LogP contribution in [0.4, 0.5) is 5.69 Å². The molecule has 1 aromatic carbocycles. The number of hydrogen-bond donors (Lipinski definition) is 0. The molecule has 0 fully saturated rings. The van der Waals surface area contributed by atoms with E-state index < -0.39 is 0 Å². The molecule has 2 nitrogen and oxygen atoms in total. The van der Waals surface area contributed by atoms with Gasteiger partial charge in [0.05, 0.1) is 21.8 Å². The van der Waals surface area contributed by atoms with Gasteiger partial charge >= 0.3 is 0 Å². The van der Waals surface area contributed by atoms with Gasteiger partial charge in [-0.15, -0.1) is 0 Å². The fourth-order valence-electron chi connectivity index (χ4n) is 0.953. The molecule has 0 aliphatic heterocycles. The number of hydrogen-bond acceptors (Lipinski definition) is 1. The maximum atomic E-state index is 11.0. The summed E-state index contributed by atoms with van der Waals surface area (Å²) in [6, 6.07) is 7.71. The van der Waals surface area contributed by atoms with Crippen molar-refractivity contribution < 1.29 is 4.79 Å². The lowest BCUT2D eigenvalue weighted by Crippen LogP contribution is -2.16. The van der Waals surface area contributed by atoms with Crippen LogP contribution in [0.5, 0.6) is 0 Å². The van der Waals surface area contributed by atoms with Crippen LogP contribution in [0, 0.1) is 6.92 Å². The molecule has 1 aromatic rings. The van der Waals surface area contributed by atoms with E-state index in [2.05, 4.69) is 16.1 Å². The van der Waals surface area contributed by atoms with E-state index in [0.717, 1.165) is 11.3 Å². The number of rotatable bonds is 1. The number of halogens is 1. The largest absolute Gasteiger partial charge is 0.274 e. The third-order valence-corrected chi connectivity index (χ3v) is 2.48. The molecule has 0 saturated heterocycles. The molecule has 64 valence electrons. The molecule has 1 amide bonds. The molecule has 0 spiro atoms. The Kier molecular flexibility index (Phi) is 2.87. The van der Waals surface area contributed by atoms with E-state index in [9.17, 15) is 4.79 Å². The van der Waals surface area contributed by atoms with E-state index in [0.29, 0.717) is 0 Å². The van der Waals surface area contributed by atoms with Crippen LogP contribution in [0.15, 0.2) is 24.3 Å². The normalized spacial score (nSPS) is 9.58. The summed E-state index contributed by atoms with van der Waals surface area (Å²) in [6.45, 7) is 3.48. The van der Waals surface area contributed by atoms with E-state index in [-0.39, 0.29) is 5.91 Å². The Morgan fingerprint density at radius 1 is 1.42 bits per heavy atom. The van der Waals surface area contributed by atoms with Gasteiger partial charge in [-0.2, -0.15) is 0 Å². The van der Waals surface area contributed by atoms with Crippen LogP contribution in [0.25, 0.3) is 0 Å². The third kappa shape index (κ3) is 1.85. The van der Waals surface area contributed by atoms with Gasteiger partial charge in [0, 0.05) is 6.92 Å². The Morgan fingerprint density at radius 2 is 2.00 bits per heavy atom. The molecule has 1 rings (SSSR count). The summed E-state index contributed by atoms with van der Waals surface area (Å²) < 4.78 is 1.46.